The Bertz CT molecular complexity index is 1140. The minimum absolute atomic E-state index is 0.294. The number of hydrogen-bond donors (Lipinski definition) is 0. The second kappa shape index (κ2) is 9.00. The first-order valence-electron chi connectivity index (χ1n) is 9.55. The average molecular weight is 423 g/mol. The van der Waals surface area contributed by atoms with Crippen molar-refractivity contribution < 1.29 is 14.3 Å². The number of aromatic nitrogens is 5. The lowest BCUT2D eigenvalue weighted by Gasteiger charge is -2.06. The first-order valence-corrected chi connectivity index (χ1v) is 10.5. The number of aryl methyl sites for hydroxylation is 3. The summed E-state index contributed by atoms with van der Waals surface area (Å²) >= 11 is 1.53. The van der Waals surface area contributed by atoms with Gasteiger partial charge in [0.1, 0.15) is 12.4 Å². The van der Waals surface area contributed by atoms with Crippen LogP contribution in [0.15, 0.2) is 41.2 Å². The van der Waals surface area contributed by atoms with E-state index in [9.17, 15) is 4.79 Å². The highest BCUT2D eigenvalue weighted by Crippen LogP contribution is 2.15. The fourth-order valence-corrected chi connectivity index (χ4v) is 3.49. The Morgan fingerprint density at radius 3 is 2.77 bits per heavy atom. The molecule has 0 aliphatic carbocycles. The van der Waals surface area contributed by atoms with Gasteiger partial charge in [-0.1, -0.05) is 0 Å². The van der Waals surface area contributed by atoms with Crippen LogP contribution in [0, 0.1) is 13.8 Å². The summed E-state index contributed by atoms with van der Waals surface area (Å²) < 4.78 is 12.7. The largest absolute Gasteiger partial charge is 0.487 e. The minimum atomic E-state index is -0.364. The van der Waals surface area contributed by atoms with E-state index in [4.69, 9.17) is 9.47 Å². The van der Waals surface area contributed by atoms with Gasteiger partial charge in [0, 0.05) is 23.2 Å². The number of hydrogen-bond acceptors (Lipinski definition) is 8. The zero-order chi connectivity index (χ0) is 20.9. The van der Waals surface area contributed by atoms with Crippen molar-refractivity contribution in [2.75, 3.05) is 6.61 Å². The van der Waals surface area contributed by atoms with Crippen LogP contribution in [0.25, 0.3) is 5.78 Å². The average Bonchev–Trinajstić information content (AvgIpc) is 3.39. The van der Waals surface area contributed by atoms with Crippen LogP contribution >= 0.6 is 11.3 Å². The molecule has 0 radical (unpaired) electrons. The number of rotatable bonds is 8. The monoisotopic (exact) mass is 423 g/mol. The molecule has 0 fully saturated rings. The van der Waals surface area contributed by atoms with Crippen LogP contribution in [0.1, 0.15) is 39.7 Å². The quantitative estimate of drug-likeness (QED) is 0.316. The predicted molar refractivity (Wildman–Crippen MR) is 112 cm³/mol. The van der Waals surface area contributed by atoms with Crippen molar-refractivity contribution in [3.05, 3.63) is 69.7 Å². The third-order valence-electron chi connectivity index (χ3n) is 4.40. The van der Waals surface area contributed by atoms with Crippen molar-refractivity contribution in [2.45, 2.75) is 33.3 Å². The van der Waals surface area contributed by atoms with Crippen LogP contribution in [0.2, 0.25) is 0 Å². The van der Waals surface area contributed by atoms with Crippen LogP contribution in [0.3, 0.4) is 0 Å². The summed E-state index contributed by atoms with van der Waals surface area (Å²) in [6.07, 6.45) is 1.24. The van der Waals surface area contributed by atoms with Crippen LogP contribution in [0.4, 0.5) is 0 Å². The van der Waals surface area contributed by atoms with E-state index in [0.717, 1.165) is 17.1 Å². The van der Waals surface area contributed by atoms with Gasteiger partial charge in [-0.05, 0) is 50.6 Å². The lowest BCUT2D eigenvalue weighted by Crippen LogP contribution is -2.07. The van der Waals surface area contributed by atoms with Gasteiger partial charge in [-0.25, -0.2) is 19.3 Å². The smallest absolute Gasteiger partial charge is 0.338 e. The Hall–Kier alpha value is -3.33. The predicted octanol–water partition coefficient (Wildman–Crippen LogP) is 3.57. The van der Waals surface area contributed by atoms with E-state index in [0.29, 0.717) is 49.0 Å². The van der Waals surface area contributed by atoms with Gasteiger partial charge in [0.15, 0.2) is 5.82 Å². The Morgan fingerprint density at radius 2 is 2.00 bits per heavy atom. The van der Waals surface area contributed by atoms with Gasteiger partial charge >= 0.3 is 5.97 Å². The number of fused-ring (bicyclic) bond motifs is 1. The zero-order valence-corrected chi connectivity index (χ0v) is 17.6. The molecule has 0 N–H and O–H groups in total. The number of thiazole rings is 1. The number of carbonyl (C=O) groups excluding carboxylic acids is 1. The summed E-state index contributed by atoms with van der Waals surface area (Å²) in [6, 6.07) is 8.85. The molecule has 3 heterocycles. The molecule has 4 aromatic rings. The molecule has 0 aliphatic rings. The maximum atomic E-state index is 12.2. The second-order valence-corrected chi connectivity index (χ2v) is 7.53. The Balaban J connectivity index is 1.24. The SMILES string of the molecule is Cc1cc(C)n2nc(CCCOC(=O)c3ccc(OCc4cscn4)cc3)nc2n1. The third-order valence-corrected chi connectivity index (χ3v) is 5.04. The highest BCUT2D eigenvalue weighted by atomic mass is 32.1. The molecule has 3 aromatic heterocycles. The van der Waals surface area contributed by atoms with E-state index in [-0.39, 0.29) is 5.97 Å². The second-order valence-electron chi connectivity index (χ2n) is 6.81. The molecule has 0 saturated carbocycles. The summed E-state index contributed by atoms with van der Waals surface area (Å²) in [5, 5.41) is 6.40. The summed E-state index contributed by atoms with van der Waals surface area (Å²) in [6.45, 7) is 4.60. The van der Waals surface area contributed by atoms with E-state index in [1.165, 1.54) is 11.3 Å². The first-order chi connectivity index (χ1) is 14.6. The molecule has 0 bridgehead atoms. The van der Waals surface area contributed by atoms with Crippen molar-refractivity contribution in [1.82, 2.24) is 24.6 Å². The molecular weight excluding hydrogens is 402 g/mol. The van der Waals surface area contributed by atoms with Crippen molar-refractivity contribution in [1.29, 1.82) is 0 Å². The normalized spacial score (nSPS) is 11.0. The Morgan fingerprint density at radius 1 is 1.17 bits per heavy atom. The molecule has 0 spiro atoms. The zero-order valence-electron chi connectivity index (χ0n) is 16.7. The fraction of sp³-hybridized carbons (Fsp3) is 0.286. The molecule has 1 aromatic carbocycles. The molecule has 8 nitrogen and oxygen atoms in total. The van der Waals surface area contributed by atoms with E-state index < -0.39 is 0 Å². The molecular formula is C21H21N5O3S. The van der Waals surface area contributed by atoms with Gasteiger partial charge < -0.3 is 9.47 Å². The maximum Gasteiger partial charge on any atom is 0.338 e. The van der Waals surface area contributed by atoms with Crippen LogP contribution in [0.5, 0.6) is 5.75 Å². The van der Waals surface area contributed by atoms with E-state index in [1.807, 2.05) is 25.3 Å². The lowest BCUT2D eigenvalue weighted by molar-refractivity contribution is 0.0500. The van der Waals surface area contributed by atoms with E-state index >= 15 is 0 Å². The van der Waals surface area contributed by atoms with Crippen LogP contribution in [-0.4, -0.2) is 37.1 Å². The maximum absolute atomic E-state index is 12.2. The highest BCUT2D eigenvalue weighted by molar-refractivity contribution is 7.07. The van der Waals surface area contributed by atoms with Crippen molar-refractivity contribution in [3.8, 4) is 5.75 Å². The summed E-state index contributed by atoms with van der Waals surface area (Å²) in [7, 11) is 0. The number of esters is 1. The number of benzene rings is 1. The number of carbonyl (C=O) groups is 1. The molecule has 0 amide bonds. The van der Waals surface area contributed by atoms with Crippen LogP contribution < -0.4 is 4.74 Å². The molecule has 0 atom stereocenters. The fourth-order valence-electron chi connectivity index (χ4n) is 2.95. The van der Waals surface area contributed by atoms with Gasteiger partial charge in [-0.2, -0.15) is 4.98 Å². The molecule has 0 saturated heterocycles. The summed E-state index contributed by atoms with van der Waals surface area (Å²) in [5.41, 5.74) is 5.03. The lowest BCUT2D eigenvalue weighted by atomic mass is 10.2. The molecule has 9 heteroatoms. The molecule has 30 heavy (non-hydrogen) atoms. The molecule has 4 rings (SSSR count). The highest BCUT2D eigenvalue weighted by Gasteiger charge is 2.10. The van der Waals surface area contributed by atoms with Crippen LogP contribution in [-0.2, 0) is 17.8 Å². The summed E-state index contributed by atoms with van der Waals surface area (Å²) in [4.78, 5) is 25.2. The van der Waals surface area contributed by atoms with E-state index in [1.54, 1.807) is 34.3 Å². The topological polar surface area (TPSA) is 91.5 Å². The third kappa shape index (κ3) is 4.80. The first kappa shape index (κ1) is 20.0. The van der Waals surface area contributed by atoms with Gasteiger partial charge in [0.05, 0.1) is 23.4 Å². The van der Waals surface area contributed by atoms with Crippen molar-refractivity contribution in [2.24, 2.45) is 0 Å². The van der Waals surface area contributed by atoms with Gasteiger partial charge in [-0.3, -0.25) is 0 Å². The minimum Gasteiger partial charge on any atom is -0.487 e. The number of ether oxygens (including phenoxy) is 2. The molecule has 154 valence electrons. The standard InChI is InChI=1S/C21H21N5O3S/c1-14-10-15(2)26-21(23-14)24-19(25-26)4-3-9-28-20(27)16-5-7-18(8-6-16)29-11-17-12-30-13-22-17/h5-8,10,12-13H,3-4,9,11H2,1-2H3. The van der Waals surface area contributed by atoms with Gasteiger partial charge in [0.2, 0.25) is 0 Å². The Labute approximate surface area is 177 Å². The van der Waals surface area contributed by atoms with Gasteiger partial charge in [0.25, 0.3) is 5.78 Å². The molecule has 0 unspecified atom stereocenters. The number of nitrogens with zero attached hydrogens (tertiary/aromatic N) is 5. The van der Waals surface area contributed by atoms with Gasteiger partial charge in [-0.15, -0.1) is 16.4 Å². The molecule has 0 aliphatic heterocycles. The van der Waals surface area contributed by atoms with Crippen molar-refractivity contribution in [3.63, 3.8) is 0 Å². The van der Waals surface area contributed by atoms with Crippen molar-refractivity contribution >= 4 is 23.1 Å². The van der Waals surface area contributed by atoms with E-state index in [2.05, 4.69) is 20.1 Å². The summed E-state index contributed by atoms with van der Waals surface area (Å²) in [5.74, 6) is 1.60. The Kier molecular flexibility index (Phi) is 5.99.